The third-order valence-electron chi connectivity index (χ3n) is 4.10. The molecule has 2 aromatic rings. The smallest absolute Gasteiger partial charge is 0.254 e. The van der Waals surface area contributed by atoms with E-state index in [0.29, 0.717) is 23.8 Å². The maximum Gasteiger partial charge on any atom is 0.254 e. The Morgan fingerprint density at radius 1 is 1.43 bits per heavy atom. The van der Waals surface area contributed by atoms with Gasteiger partial charge >= 0.3 is 0 Å². The number of carbonyl (C=O) groups excluding carboxylic acids is 1. The van der Waals surface area contributed by atoms with Crippen molar-refractivity contribution < 1.29 is 9.21 Å². The zero-order valence-electron chi connectivity index (χ0n) is 12.0. The third kappa shape index (κ3) is 2.69. The van der Waals surface area contributed by atoms with Crippen LogP contribution in [0.15, 0.2) is 41.3 Å². The third-order valence-corrected chi connectivity index (χ3v) is 4.10. The zero-order valence-corrected chi connectivity index (χ0v) is 12.0. The fraction of sp³-hybridized carbons (Fsp3) is 0.375. The molecule has 1 aliphatic rings. The van der Waals surface area contributed by atoms with Gasteiger partial charge in [0, 0.05) is 23.7 Å². The van der Waals surface area contributed by atoms with E-state index in [4.69, 9.17) is 10.2 Å². The van der Waals surface area contributed by atoms with Gasteiger partial charge < -0.3 is 15.1 Å². The van der Waals surface area contributed by atoms with Crippen LogP contribution in [0.2, 0.25) is 0 Å². The highest BCUT2D eigenvalue weighted by atomic mass is 16.3. The van der Waals surface area contributed by atoms with Gasteiger partial charge in [0.25, 0.3) is 5.91 Å². The minimum atomic E-state index is 0.0718. The molecule has 21 heavy (non-hydrogen) atoms. The molecule has 0 spiro atoms. The molecule has 0 aliphatic carbocycles. The van der Waals surface area contributed by atoms with Gasteiger partial charge in [-0.15, -0.1) is 0 Å². The van der Waals surface area contributed by atoms with Crippen LogP contribution in [0.5, 0.6) is 0 Å². The van der Waals surface area contributed by atoms with Crippen LogP contribution in [0.3, 0.4) is 0 Å². The number of nitrogens with two attached hydrogens (primary N) is 1. The Kier molecular flexibility index (Phi) is 3.75. The van der Waals surface area contributed by atoms with Crippen molar-refractivity contribution in [3.8, 4) is 11.3 Å². The van der Waals surface area contributed by atoms with Gasteiger partial charge in [0.15, 0.2) is 12.2 Å². The Bertz CT molecular complexity index is 607. The van der Waals surface area contributed by atoms with Gasteiger partial charge in [-0.3, -0.25) is 4.79 Å². The van der Waals surface area contributed by atoms with Crippen molar-refractivity contribution in [3.63, 3.8) is 0 Å². The number of likely N-dealkylation sites (tertiary alicyclic amines) is 1. The Labute approximate surface area is 123 Å². The topological polar surface area (TPSA) is 72.4 Å². The molecular weight excluding hydrogens is 266 g/mol. The summed E-state index contributed by atoms with van der Waals surface area (Å²) >= 11 is 0. The molecule has 1 aliphatic heterocycles. The average molecular weight is 285 g/mol. The normalized spacial score (nSPS) is 21.7. The van der Waals surface area contributed by atoms with Crippen LogP contribution in [0.25, 0.3) is 11.3 Å². The van der Waals surface area contributed by atoms with Crippen molar-refractivity contribution in [2.75, 3.05) is 13.1 Å². The van der Waals surface area contributed by atoms with Crippen molar-refractivity contribution in [2.45, 2.75) is 19.4 Å². The largest absolute Gasteiger partial charge is 0.444 e. The molecule has 0 saturated carbocycles. The van der Waals surface area contributed by atoms with Crippen LogP contribution < -0.4 is 5.73 Å². The first kappa shape index (κ1) is 13.8. The van der Waals surface area contributed by atoms with E-state index in [9.17, 15) is 4.79 Å². The first-order valence-electron chi connectivity index (χ1n) is 7.19. The minimum absolute atomic E-state index is 0.0718. The summed E-state index contributed by atoms with van der Waals surface area (Å²) in [5.74, 6) is 1.19. The van der Waals surface area contributed by atoms with E-state index in [1.807, 2.05) is 29.2 Å². The summed E-state index contributed by atoms with van der Waals surface area (Å²) < 4.78 is 5.25. The fourth-order valence-electron chi connectivity index (χ4n) is 2.90. The number of oxazole rings is 1. The summed E-state index contributed by atoms with van der Waals surface area (Å²) in [5, 5.41) is 0. The predicted octanol–water partition coefficient (Wildman–Crippen LogP) is 2.15. The summed E-state index contributed by atoms with van der Waals surface area (Å²) in [6.45, 7) is 3.47. The minimum Gasteiger partial charge on any atom is -0.444 e. The molecule has 5 nitrogen and oxygen atoms in total. The second-order valence-corrected chi connectivity index (χ2v) is 5.59. The van der Waals surface area contributed by atoms with Crippen molar-refractivity contribution in [1.82, 2.24) is 9.88 Å². The summed E-state index contributed by atoms with van der Waals surface area (Å²) in [5.41, 5.74) is 7.33. The molecule has 2 heterocycles. The summed E-state index contributed by atoms with van der Waals surface area (Å²) in [6.07, 6.45) is 4.04. The number of rotatable bonds is 3. The number of benzene rings is 1. The summed E-state index contributed by atoms with van der Waals surface area (Å²) in [4.78, 5) is 18.4. The second-order valence-electron chi connectivity index (χ2n) is 5.59. The monoisotopic (exact) mass is 285 g/mol. The van der Waals surface area contributed by atoms with Gasteiger partial charge in [-0.05, 0) is 37.9 Å². The fourth-order valence-corrected chi connectivity index (χ4v) is 2.90. The quantitative estimate of drug-likeness (QED) is 0.938. The Morgan fingerprint density at radius 3 is 2.76 bits per heavy atom. The van der Waals surface area contributed by atoms with E-state index in [1.54, 1.807) is 6.20 Å². The lowest BCUT2D eigenvalue weighted by Crippen LogP contribution is -2.34. The van der Waals surface area contributed by atoms with Gasteiger partial charge in [-0.2, -0.15) is 0 Å². The zero-order chi connectivity index (χ0) is 14.8. The maximum atomic E-state index is 12.6. The van der Waals surface area contributed by atoms with Gasteiger partial charge in [0.1, 0.15) is 0 Å². The van der Waals surface area contributed by atoms with Gasteiger partial charge in [-0.1, -0.05) is 12.1 Å². The van der Waals surface area contributed by atoms with Crippen molar-refractivity contribution in [1.29, 1.82) is 0 Å². The van der Waals surface area contributed by atoms with E-state index in [-0.39, 0.29) is 11.9 Å². The average Bonchev–Trinajstić information content (AvgIpc) is 3.16. The summed E-state index contributed by atoms with van der Waals surface area (Å²) in [6, 6.07) is 7.69. The van der Waals surface area contributed by atoms with Crippen LogP contribution in [-0.2, 0) is 0 Å². The molecular formula is C16H19N3O2. The molecule has 1 fully saturated rings. The molecule has 0 bridgehead atoms. The van der Waals surface area contributed by atoms with E-state index in [1.165, 1.54) is 6.39 Å². The molecule has 5 heteroatoms. The van der Waals surface area contributed by atoms with Crippen molar-refractivity contribution in [2.24, 2.45) is 11.7 Å². The second kappa shape index (κ2) is 5.69. The Hall–Kier alpha value is -2.14. The SMILES string of the molecule is CC1CC(CN)CN1C(=O)c1ccc(-c2cnco2)cc1. The number of aromatic nitrogens is 1. The number of amides is 1. The highest BCUT2D eigenvalue weighted by Crippen LogP contribution is 2.25. The maximum absolute atomic E-state index is 12.6. The van der Waals surface area contributed by atoms with E-state index >= 15 is 0 Å². The van der Waals surface area contributed by atoms with Crippen LogP contribution >= 0.6 is 0 Å². The van der Waals surface area contributed by atoms with Crippen LogP contribution in [0.1, 0.15) is 23.7 Å². The molecule has 1 aromatic heterocycles. The molecule has 1 aromatic carbocycles. The highest BCUT2D eigenvalue weighted by molar-refractivity contribution is 5.95. The highest BCUT2D eigenvalue weighted by Gasteiger charge is 2.31. The number of hydrogen-bond donors (Lipinski definition) is 1. The molecule has 1 amide bonds. The molecule has 3 rings (SSSR count). The van der Waals surface area contributed by atoms with Crippen molar-refractivity contribution in [3.05, 3.63) is 42.4 Å². The molecule has 2 N–H and O–H groups in total. The lowest BCUT2D eigenvalue weighted by molar-refractivity contribution is 0.0743. The molecule has 0 radical (unpaired) electrons. The molecule has 2 atom stereocenters. The Morgan fingerprint density at radius 2 is 2.19 bits per heavy atom. The lowest BCUT2D eigenvalue weighted by Gasteiger charge is -2.21. The predicted molar refractivity (Wildman–Crippen MR) is 79.6 cm³/mol. The van der Waals surface area contributed by atoms with Gasteiger partial charge in [0.05, 0.1) is 6.20 Å². The van der Waals surface area contributed by atoms with Crippen LogP contribution in [-0.4, -0.2) is 34.9 Å². The molecule has 1 saturated heterocycles. The van der Waals surface area contributed by atoms with Crippen LogP contribution in [0.4, 0.5) is 0 Å². The first-order chi connectivity index (χ1) is 10.2. The number of carbonyl (C=O) groups is 1. The molecule has 110 valence electrons. The van der Waals surface area contributed by atoms with Gasteiger partial charge in [-0.25, -0.2) is 4.98 Å². The lowest BCUT2D eigenvalue weighted by atomic mass is 10.1. The Balaban J connectivity index is 1.76. The van der Waals surface area contributed by atoms with Gasteiger partial charge in [0.2, 0.25) is 0 Å². The molecule has 2 unspecified atom stereocenters. The van der Waals surface area contributed by atoms with E-state index < -0.39 is 0 Å². The number of nitrogens with zero attached hydrogens (tertiary/aromatic N) is 2. The standard InChI is InChI=1S/C16H19N3O2/c1-11-6-12(7-17)9-19(11)16(20)14-4-2-13(3-5-14)15-8-18-10-21-15/h2-5,8,10-12H,6-7,9,17H2,1H3. The van der Waals surface area contributed by atoms with Crippen molar-refractivity contribution >= 4 is 5.91 Å². The first-order valence-corrected chi connectivity index (χ1v) is 7.19. The number of hydrogen-bond acceptors (Lipinski definition) is 4. The van der Waals surface area contributed by atoms with Crippen LogP contribution in [0, 0.1) is 5.92 Å². The van der Waals surface area contributed by atoms with E-state index in [2.05, 4.69) is 11.9 Å². The van der Waals surface area contributed by atoms with E-state index in [0.717, 1.165) is 18.5 Å². The summed E-state index contributed by atoms with van der Waals surface area (Å²) in [7, 11) is 0.